The Labute approximate surface area is 126 Å². The molecule has 2 aromatic rings. The SMILES string of the molecule is COc1ccc(C2CC2C(=O)Nc2cc(F)ccc2F)cc1. The first-order valence-corrected chi connectivity index (χ1v) is 6.98. The highest BCUT2D eigenvalue weighted by atomic mass is 19.1. The van der Waals surface area contributed by atoms with Gasteiger partial charge >= 0.3 is 0 Å². The van der Waals surface area contributed by atoms with Gasteiger partial charge in [-0.25, -0.2) is 8.78 Å². The maximum Gasteiger partial charge on any atom is 0.228 e. The molecular formula is C17H15F2NO2. The van der Waals surface area contributed by atoms with E-state index in [0.29, 0.717) is 6.42 Å². The summed E-state index contributed by atoms with van der Waals surface area (Å²) in [6, 6.07) is 10.5. The third kappa shape index (κ3) is 2.93. The molecule has 2 unspecified atom stereocenters. The lowest BCUT2D eigenvalue weighted by Crippen LogP contribution is -2.15. The van der Waals surface area contributed by atoms with Crippen molar-refractivity contribution >= 4 is 11.6 Å². The molecule has 114 valence electrons. The zero-order chi connectivity index (χ0) is 15.7. The minimum absolute atomic E-state index is 0.113. The molecule has 1 saturated carbocycles. The molecule has 1 fully saturated rings. The third-order valence-corrected chi connectivity index (χ3v) is 3.86. The highest BCUT2D eigenvalue weighted by Crippen LogP contribution is 2.48. The van der Waals surface area contributed by atoms with E-state index in [4.69, 9.17) is 4.74 Å². The van der Waals surface area contributed by atoms with Gasteiger partial charge in [0.05, 0.1) is 12.8 Å². The third-order valence-electron chi connectivity index (χ3n) is 3.86. The van der Waals surface area contributed by atoms with Crippen LogP contribution in [0, 0.1) is 17.6 Å². The van der Waals surface area contributed by atoms with Gasteiger partial charge in [0.15, 0.2) is 0 Å². The number of carbonyl (C=O) groups is 1. The Hall–Kier alpha value is -2.43. The Bertz CT molecular complexity index is 700. The van der Waals surface area contributed by atoms with Crippen LogP contribution in [0.15, 0.2) is 42.5 Å². The molecule has 0 aliphatic heterocycles. The van der Waals surface area contributed by atoms with Crippen LogP contribution in [0.4, 0.5) is 14.5 Å². The molecular weight excluding hydrogens is 288 g/mol. The van der Waals surface area contributed by atoms with Crippen molar-refractivity contribution < 1.29 is 18.3 Å². The summed E-state index contributed by atoms with van der Waals surface area (Å²) in [5, 5.41) is 2.46. The van der Waals surface area contributed by atoms with E-state index in [1.165, 1.54) is 0 Å². The highest BCUT2D eigenvalue weighted by Gasteiger charge is 2.44. The van der Waals surface area contributed by atoms with Crippen LogP contribution in [0.3, 0.4) is 0 Å². The first kappa shape index (κ1) is 14.5. The molecule has 0 radical (unpaired) electrons. The lowest BCUT2D eigenvalue weighted by molar-refractivity contribution is -0.117. The first-order chi connectivity index (χ1) is 10.6. The largest absolute Gasteiger partial charge is 0.497 e. The molecule has 1 amide bonds. The van der Waals surface area contributed by atoms with Crippen LogP contribution in [-0.4, -0.2) is 13.0 Å². The van der Waals surface area contributed by atoms with Crippen LogP contribution in [0.25, 0.3) is 0 Å². The molecule has 0 bridgehead atoms. The summed E-state index contributed by atoms with van der Waals surface area (Å²) in [6.45, 7) is 0. The van der Waals surface area contributed by atoms with E-state index in [2.05, 4.69) is 5.32 Å². The van der Waals surface area contributed by atoms with Crippen molar-refractivity contribution in [1.82, 2.24) is 0 Å². The minimum Gasteiger partial charge on any atom is -0.497 e. The van der Waals surface area contributed by atoms with Crippen LogP contribution in [-0.2, 0) is 4.79 Å². The van der Waals surface area contributed by atoms with Gasteiger partial charge in [-0.1, -0.05) is 12.1 Å². The maximum atomic E-state index is 13.5. The number of ether oxygens (including phenoxy) is 1. The summed E-state index contributed by atoms with van der Waals surface area (Å²) in [6.07, 6.45) is 0.703. The molecule has 0 aromatic heterocycles. The summed E-state index contributed by atoms with van der Waals surface area (Å²) in [7, 11) is 1.59. The summed E-state index contributed by atoms with van der Waals surface area (Å²) < 4.78 is 31.7. The predicted octanol–water partition coefficient (Wildman–Crippen LogP) is 3.72. The fourth-order valence-electron chi connectivity index (χ4n) is 2.52. The Balaban J connectivity index is 1.66. The van der Waals surface area contributed by atoms with Gasteiger partial charge < -0.3 is 10.1 Å². The standard InChI is InChI=1S/C17H15F2NO2/c1-22-12-5-2-10(3-6-12)13-9-14(13)17(21)20-16-8-11(18)4-7-15(16)19/h2-8,13-14H,9H2,1H3,(H,20,21). The van der Waals surface area contributed by atoms with Crippen molar-refractivity contribution in [2.75, 3.05) is 12.4 Å². The van der Waals surface area contributed by atoms with E-state index in [1.807, 2.05) is 24.3 Å². The van der Waals surface area contributed by atoms with E-state index in [9.17, 15) is 13.6 Å². The van der Waals surface area contributed by atoms with Gasteiger partial charge in [0.25, 0.3) is 0 Å². The number of benzene rings is 2. The fraction of sp³-hybridized carbons (Fsp3) is 0.235. The maximum absolute atomic E-state index is 13.5. The van der Waals surface area contributed by atoms with Gasteiger partial charge in [-0.3, -0.25) is 4.79 Å². The molecule has 2 atom stereocenters. The monoisotopic (exact) mass is 303 g/mol. The Kier molecular flexibility index (Phi) is 3.79. The van der Waals surface area contributed by atoms with E-state index in [0.717, 1.165) is 29.5 Å². The van der Waals surface area contributed by atoms with Crippen LogP contribution < -0.4 is 10.1 Å². The normalized spacial score (nSPS) is 19.6. The van der Waals surface area contributed by atoms with Crippen molar-refractivity contribution in [3.8, 4) is 5.75 Å². The quantitative estimate of drug-likeness (QED) is 0.935. The van der Waals surface area contributed by atoms with Gasteiger partial charge in [-0.15, -0.1) is 0 Å². The molecule has 1 N–H and O–H groups in total. The Morgan fingerprint density at radius 1 is 1.18 bits per heavy atom. The van der Waals surface area contributed by atoms with E-state index < -0.39 is 11.6 Å². The summed E-state index contributed by atoms with van der Waals surface area (Å²) >= 11 is 0. The van der Waals surface area contributed by atoms with Crippen LogP contribution in [0.2, 0.25) is 0 Å². The molecule has 0 spiro atoms. The minimum atomic E-state index is -0.642. The molecule has 22 heavy (non-hydrogen) atoms. The van der Waals surface area contributed by atoms with Crippen molar-refractivity contribution in [3.63, 3.8) is 0 Å². The zero-order valence-electron chi connectivity index (χ0n) is 12.0. The number of amides is 1. The van der Waals surface area contributed by atoms with Gasteiger partial charge in [-0.2, -0.15) is 0 Å². The number of carbonyl (C=O) groups excluding carboxylic acids is 1. The fourth-order valence-corrected chi connectivity index (χ4v) is 2.52. The van der Waals surface area contributed by atoms with Crippen LogP contribution in [0.5, 0.6) is 5.75 Å². The average molecular weight is 303 g/mol. The number of halogens is 2. The topological polar surface area (TPSA) is 38.3 Å². The summed E-state index contributed by atoms with van der Waals surface area (Å²) in [4.78, 5) is 12.1. The molecule has 1 aliphatic rings. The number of nitrogens with one attached hydrogen (secondary N) is 1. The van der Waals surface area contributed by atoms with Gasteiger partial charge in [0, 0.05) is 12.0 Å². The lowest BCUT2D eigenvalue weighted by Gasteiger charge is -2.07. The van der Waals surface area contributed by atoms with Crippen molar-refractivity contribution in [3.05, 3.63) is 59.7 Å². The van der Waals surface area contributed by atoms with Gasteiger partial charge in [0.1, 0.15) is 17.4 Å². The number of hydrogen-bond acceptors (Lipinski definition) is 2. The van der Waals surface area contributed by atoms with E-state index >= 15 is 0 Å². The van der Waals surface area contributed by atoms with E-state index in [-0.39, 0.29) is 23.4 Å². The zero-order valence-corrected chi connectivity index (χ0v) is 12.0. The van der Waals surface area contributed by atoms with E-state index in [1.54, 1.807) is 7.11 Å². The molecule has 1 aliphatic carbocycles. The lowest BCUT2D eigenvalue weighted by atomic mass is 10.1. The molecule has 0 saturated heterocycles. The number of hydrogen-bond donors (Lipinski definition) is 1. The van der Waals surface area contributed by atoms with Crippen molar-refractivity contribution in [2.45, 2.75) is 12.3 Å². The van der Waals surface area contributed by atoms with Crippen molar-refractivity contribution in [1.29, 1.82) is 0 Å². The second-order valence-corrected chi connectivity index (χ2v) is 5.34. The molecule has 0 heterocycles. The van der Waals surface area contributed by atoms with Crippen LogP contribution in [0.1, 0.15) is 17.9 Å². The number of anilines is 1. The first-order valence-electron chi connectivity index (χ1n) is 6.98. The second-order valence-electron chi connectivity index (χ2n) is 5.34. The molecule has 3 rings (SSSR count). The number of methoxy groups -OCH3 is 1. The summed E-state index contributed by atoms with van der Waals surface area (Å²) in [5.74, 6) is -0.855. The molecule has 5 heteroatoms. The average Bonchev–Trinajstić information content (AvgIpc) is 3.32. The van der Waals surface area contributed by atoms with Crippen LogP contribution >= 0.6 is 0 Å². The second kappa shape index (κ2) is 5.75. The number of rotatable bonds is 4. The molecule has 2 aromatic carbocycles. The summed E-state index contributed by atoms with van der Waals surface area (Å²) in [5.41, 5.74) is 0.922. The smallest absolute Gasteiger partial charge is 0.228 e. The Morgan fingerprint density at radius 2 is 1.91 bits per heavy atom. The molecule has 3 nitrogen and oxygen atoms in total. The Morgan fingerprint density at radius 3 is 2.59 bits per heavy atom. The van der Waals surface area contributed by atoms with Gasteiger partial charge in [-0.05, 0) is 42.2 Å². The van der Waals surface area contributed by atoms with Crippen molar-refractivity contribution in [2.24, 2.45) is 5.92 Å². The highest BCUT2D eigenvalue weighted by molar-refractivity contribution is 5.95. The predicted molar refractivity (Wildman–Crippen MR) is 78.8 cm³/mol. The van der Waals surface area contributed by atoms with Gasteiger partial charge in [0.2, 0.25) is 5.91 Å².